The third kappa shape index (κ3) is 4.36. The van der Waals surface area contributed by atoms with Crippen LogP contribution in [-0.4, -0.2) is 19.9 Å². The molecule has 45 heavy (non-hydrogen) atoms. The first kappa shape index (κ1) is 25.7. The van der Waals surface area contributed by atoms with E-state index in [-0.39, 0.29) is 0 Å². The molecule has 3 heterocycles. The fourth-order valence-corrected chi connectivity index (χ4v) is 7.43. The largest absolute Gasteiger partial charge is 0.247 e. The molecule has 210 valence electrons. The van der Waals surface area contributed by atoms with Crippen LogP contribution in [0.3, 0.4) is 0 Å². The number of aromatic nitrogens is 4. The number of pyridine rings is 1. The molecule has 0 N–H and O–H groups in total. The van der Waals surface area contributed by atoms with Gasteiger partial charge in [0.2, 0.25) is 0 Å². The van der Waals surface area contributed by atoms with E-state index in [1.54, 1.807) is 0 Å². The molecule has 0 fully saturated rings. The van der Waals surface area contributed by atoms with Crippen LogP contribution in [0.25, 0.3) is 87.3 Å². The second kappa shape index (κ2) is 10.4. The summed E-state index contributed by atoms with van der Waals surface area (Å²) in [6.45, 7) is 0. The highest BCUT2D eigenvalue weighted by Crippen LogP contribution is 2.43. The maximum atomic E-state index is 5.32. The van der Waals surface area contributed by atoms with E-state index >= 15 is 0 Å². The van der Waals surface area contributed by atoms with Gasteiger partial charge >= 0.3 is 0 Å². The van der Waals surface area contributed by atoms with Crippen LogP contribution >= 0.6 is 11.3 Å². The van der Waals surface area contributed by atoms with Crippen LogP contribution in [0.1, 0.15) is 0 Å². The van der Waals surface area contributed by atoms with Crippen LogP contribution in [0.5, 0.6) is 0 Å². The third-order valence-electron chi connectivity index (χ3n) is 8.31. The summed E-state index contributed by atoms with van der Waals surface area (Å²) in [7, 11) is 0. The van der Waals surface area contributed by atoms with E-state index in [0.29, 0.717) is 17.5 Å². The van der Waals surface area contributed by atoms with Gasteiger partial charge < -0.3 is 0 Å². The highest BCUT2D eigenvalue weighted by molar-refractivity contribution is 7.26. The number of rotatable bonds is 4. The summed E-state index contributed by atoms with van der Waals surface area (Å²) in [6.07, 6.45) is 0. The van der Waals surface area contributed by atoms with Gasteiger partial charge in [-0.1, -0.05) is 133 Å². The van der Waals surface area contributed by atoms with Crippen molar-refractivity contribution in [3.63, 3.8) is 0 Å². The van der Waals surface area contributed by atoms with Crippen molar-refractivity contribution in [2.75, 3.05) is 0 Å². The summed E-state index contributed by atoms with van der Waals surface area (Å²) >= 11 is 1.85. The zero-order chi connectivity index (χ0) is 29.7. The highest BCUT2D eigenvalue weighted by Gasteiger charge is 2.18. The molecule has 9 aromatic rings. The van der Waals surface area contributed by atoms with Crippen LogP contribution in [0.2, 0.25) is 0 Å². The van der Waals surface area contributed by atoms with Crippen molar-refractivity contribution >= 4 is 53.2 Å². The number of hydrogen-bond donors (Lipinski definition) is 0. The zero-order valence-electron chi connectivity index (χ0n) is 24.1. The van der Waals surface area contributed by atoms with Crippen molar-refractivity contribution in [3.05, 3.63) is 146 Å². The summed E-state index contributed by atoms with van der Waals surface area (Å²) in [5.74, 6) is 1.90. The van der Waals surface area contributed by atoms with E-state index in [9.17, 15) is 0 Å². The molecule has 0 unspecified atom stereocenters. The minimum Gasteiger partial charge on any atom is -0.247 e. The Kier molecular flexibility index (Phi) is 5.96. The lowest BCUT2D eigenvalue weighted by molar-refractivity contribution is 1.07. The average Bonchev–Trinajstić information content (AvgIpc) is 3.51. The Hall–Kier alpha value is -5.78. The molecule has 0 aliphatic heterocycles. The van der Waals surface area contributed by atoms with E-state index in [1.807, 2.05) is 78.1 Å². The zero-order valence-corrected chi connectivity index (χ0v) is 24.9. The fourth-order valence-electron chi connectivity index (χ4n) is 6.16. The standard InChI is InChI=1S/C40H24N4S/c1-4-12-25(13-5-1)36-32-23-22-30-29-18-10-11-19-34(29)45-37(30)35(32)31-21-20-28(24-33(31)41-36)40-43-38(26-14-6-2-7-15-26)42-39(44-40)27-16-8-3-9-17-27/h1-24H. The fraction of sp³-hybridized carbons (Fsp3) is 0. The van der Waals surface area contributed by atoms with Crippen molar-refractivity contribution in [2.24, 2.45) is 0 Å². The van der Waals surface area contributed by atoms with Crippen molar-refractivity contribution < 1.29 is 0 Å². The first-order chi connectivity index (χ1) is 22.3. The van der Waals surface area contributed by atoms with Crippen molar-refractivity contribution in [1.82, 2.24) is 19.9 Å². The molecule has 0 aliphatic rings. The Labute approximate surface area is 263 Å². The molecule has 0 atom stereocenters. The van der Waals surface area contributed by atoms with Gasteiger partial charge in [0, 0.05) is 58.6 Å². The van der Waals surface area contributed by atoms with Crippen molar-refractivity contribution in [1.29, 1.82) is 0 Å². The second-order valence-corrected chi connectivity index (χ2v) is 12.1. The molecular weight excluding hydrogens is 569 g/mol. The maximum absolute atomic E-state index is 5.32. The molecule has 0 saturated heterocycles. The van der Waals surface area contributed by atoms with Crippen LogP contribution < -0.4 is 0 Å². The highest BCUT2D eigenvalue weighted by atomic mass is 32.1. The normalized spacial score (nSPS) is 11.6. The molecule has 0 spiro atoms. The molecular formula is C40H24N4S. The van der Waals surface area contributed by atoms with Gasteiger partial charge in [-0.05, 0) is 12.1 Å². The summed E-state index contributed by atoms with van der Waals surface area (Å²) in [6, 6.07) is 50.2. The van der Waals surface area contributed by atoms with E-state index in [2.05, 4.69) is 78.9 Å². The monoisotopic (exact) mass is 592 g/mol. The smallest absolute Gasteiger partial charge is 0.164 e. The summed E-state index contributed by atoms with van der Waals surface area (Å²) in [4.78, 5) is 20.1. The third-order valence-corrected chi connectivity index (χ3v) is 9.51. The van der Waals surface area contributed by atoms with Crippen LogP contribution in [0.4, 0.5) is 0 Å². The molecule has 0 saturated carbocycles. The van der Waals surface area contributed by atoms with Crippen LogP contribution in [0, 0.1) is 0 Å². The lowest BCUT2D eigenvalue weighted by atomic mass is 9.97. The van der Waals surface area contributed by atoms with Gasteiger partial charge in [0.05, 0.1) is 11.2 Å². The molecule has 0 aliphatic carbocycles. The Balaban J connectivity index is 1.33. The summed E-state index contributed by atoms with van der Waals surface area (Å²) in [5, 5.41) is 6.06. The lowest BCUT2D eigenvalue weighted by Crippen LogP contribution is -2.00. The molecule has 6 aromatic carbocycles. The molecule has 0 bridgehead atoms. The number of thiophene rings is 1. The minimum atomic E-state index is 0.618. The molecule has 5 heteroatoms. The van der Waals surface area contributed by atoms with E-state index < -0.39 is 0 Å². The first-order valence-electron chi connectivity index (χ1n) is 14.9. The minimum absolute atomic E-state index is 0.618. The summed E-state index contributed by atoms with van der Waals surface area (Å²) < 4.78 is 2.57. The Bertz CT molecular complexity index is 2470. The molecule has 3 aromatic heterocycles. The van der Waals surface area contributed by atoms with Crippen molar-refractivity contribution in [3.8, 4) is 45.4 Å². The summed E-state index contributed by atoms with van der Waals surface area (Å²) in [5.41, 5.74) is 5.76. The molecule has 9 rings (SSSR count). The molecule has 4 nitrogen and oxygen atoms in total. The number of nitrogens with zero attached hydrogens (tertiary/aromatic N) is 4. The Morgan fingerprint density at radius 3 is 1.58 bits per heavy atom. The van der Waals surface area contributed by atoms with E-state index in [0.717, 1.165) is 44.2 Å². The topological polar surface area (TPSA) is 51.6 Å². The predicted molar refractivity (Wildman–Crippen MR) is 187 cm³/mol. The van der Waals surface area contributed by atoms with Gasteiger partial charge in [0.1, 0.15) is 0 Å². The number of hydrogen-bond acceptors (Lipinski definition) is 5. The van der Waals surface area contributed by atoms with Crippen LogP contribution in [-0.2, 0) is 0 Å². The van der Waals surface area contributed by atoms with Gasteiger partial charge in [-0.2, -0.15) is 0 Å². The molecule has 0 radical (unpaired) electrons. The first-order valence-corrected chi connectivity index (χ1v) is 15.7. The van der Waals surface area contributed by atoms with Gasteiger partial charge in [-0.15, -0.1) is 11.3 Å². The SMILES string of the molecule is c1ccc(-c2nc(-c3ccccc3)nc(-c3ccc4c(c3)nc(-c3ccccc3)c3ccc5c6ccccc6sc5c34)n2)cc1. The lowest BCUT2D eigenvalue weighted by Gasteiger charge is -2.13. The van der Waals surface area contributed by atoms with Gasteiger partial charge in [-0.25, -0.2) is 19.9 Å². The maximum Gasteiger partial charge on any atom is 0.164 e. The number of fused-ring (bicyclic) bond motifs is 7. The quantitative estimate of drug-likeness (QED) is 0.191. The number of benzene rings is 6. The van der Waals surface area contributed by atoms with Gasteiger partial charge in [-0.3, -0.25) is 0 Å². The van der Waals surface area contributed by atoms with E-state index in [4.69, 9.17) is 19.9 Å². The van der Waals surface area contributed by atoms with Gasteiger partial charge in [0.25, 0.3) is 0 Å². The Morgan fingerprint density at radius 2 is 0.911 bits per heavy atom. The van der Waals surface area contributed by atoms with Crippen LogP contribution in [0.15, 0.2) is 146 Å². The van der Waals surface area contributed by atoms with Crippen molar-refractivity contribution in [2.45, 2.75) is 0 Å². The predicted octanol–water partition coefficient (Wildman–Crippen LogP) is 10.6. The average molecular weight is 593 g/mol. The van der Waals surface area contributed by atoms with E-state index in [1.165, 1.54) is 25.6 Å². The molecule has 0 amide bonds. The Morgan fingerprint density at radius 1 is 0.378 bits per heavy atom. The van der Waals surface area contributed by atoms with Gasteiger partial charge in [0.15, 0.2) is 17.5 Å². The second-order valence-electron chi connectivity index (χ2n) is 11.1.